The van der Waals surface area contributed by atoms with Crippen molar-refractivity contribution in [2.24, 2.45) is 47.3 Å². The lowest BCUT2D eigenvalue weighted by atomic mass is 9.43. The average molecular weight is 1590 g/mol. The number of fused-ring (bicyclic) bond motifs is 18. The third-order valence-electron chi connectivity index (χ3n) is 30.9. The van der Waals surface area contributed by atoms with Crippen LogP contribution in [0.25, 0.3) is 153 Å². The van der Waals surface area contributed by atoms with Gasteiger partial charge in [0.2, 0.25) is 0 Å². The molecule has 0 aliphatic heterocycles. The van der Waals surface area contributed by atoms with Gasteiger partial charge in [-0.1, -0.05) is 224 Å². The van der Waals surface area contributed by atoms with E-state index < -0.39 is 0 Å². The van der Waals surface area contributed by atoms with Crippen LogP contribution in [0, 0.1) is 47.3 Å². The largest absolute Gasteiger partial charge is 0.456 e. The Morgan fingerprint density at radius 2 is 0.607 bits per heavy atom. The minimum atomic E-state index is 0.180. The maximum absolute atomic E-state index is 6.70. The van der Waals surface area contributed by atoms with Gasteiger partial charge in [-0.05, 0) is 328 Å². The van der Waals surface area contributed by atoms with E-state index in [1.165, 1.54) is 151 Å². The smallest absolute Gasteiger partial charge is 0.159 e. The quantitative estimate of drug-likeness (QED) is 0.137. The number of thiophene rings is 1. The molecule has 8 bridgehead atoms. The first-order chi connectivity index (χ1) is 60.3. The molecule has 16 aromatic carbocycles. The summed E-state index contributed by atoms with van der Waals surface area (Å²) in [5.74, 6) is 6.84. The zero-order chi connectivity index (χ0) is 79.6. The molecule has 0 atom stereocenters. The fourth-order valence-electron chi connectivity index (χ4n) is 26.3. The van der Waals surface area contributed by atoms with Crippen molar-refractivity contribution < 1.29 is 13.3 Å². The van der Waals surface area contributed by atoms with Crippen LogP contribution in [-0.4, -0.2) is 0 Å². The molecule has 0 unspecified atom stereocenters. The second-order valence-corrected chi connectivity index (χ2v) is 38.1. The van der Waals surface area contributed by atoms with Crippen LogP contribution in [0.2, 0.25) is 0 Å². The van der Waals surface area contributed by atoms with Gasteiger partial charge in [-0.3, -0.25) is 0 Å². The number of hydrogen-bond acceptors (Lipinski definition) is 6. The topological polar surface area (TPSA) is 45.9 Å². The Hall–Kier alpha value is -13.3. The minimum absolute atomic E-state index is 0.180. The lowest BCUT2D eigenvalue weighted by Gasteiger charge is -2.61. The SMILES string of the molecule is c1ccc(-c2ccc(N(c3ccc4c(c3)sc3ccccc34)c3ccc4oc5cc(-c6ccc7c(c6)-c6ccccc6C76C7CC8CC(C7)CC6C8)ccc5c4c3)cc2)cc1.c1ccc(-c2ccc(N(c3ccc4oc5ccc(-c6ccc7c(c6)-c6ccccc6C76C7CC8CC(C7)CC6C8)cc5c4c3)c3cccc4c3oc3ccccc34)cc2)cc1. The van der Waals surface area contributed by atoms with Crippen molar-refractivity contribution in [3.8, 4) is 66.8 Å². The van der Waals surface area contributed by atoms with Crippen molar-refractivity contribution in [1.29, 1.82) is 0 Å². The molecule has 0 amide bonds. The van der Waals surface area contributed by atoms with E-state index in [0.717, 1.165) is 147 Å². The first-order valence-electron chi connectivity index (χ1n) is 44.5. The molecule has 10 aliphatic rings. The van der Waals surface area contributed by atoms with Gasteiger partial charge in [-0.25, -0.2) is 0 Å². The van der Waals surface area contributed by atoms with E-state index in [1.54, 1.807) is 22.3 Å². The van der Waals surface area contributed by atoms with E-state index in [-0.39, 0.29) is 10.8 Å². The normalized spacial score (nSPS) is 22.2. The second-order valence-electron chi connectivity index (χ2n) is 37.0. The highest BCUT2D eigenvalue weighted by Crippen LogP contribution is 2.72. The number of para-hydroxylation sites is 2. The van der Waals surface area contributed by atoms with Crippen molar-refractivity contribution in [3.63, 3.8) is 0 Å². The Morgan fingerprint density at radius 3 is 1.21 bits per heavy atom. The molecule has 8 saturated carbocycles. The summed E-state index contributed by atoms with van der Waals surface area (Å²) in [6, 6.07) is 130. The standard InChI is InChI=1S/C58H43NO2.C58H43NOS/c1-2-9-37(10-3-1)38-17-21-43(22-18-38)59(53-15-8-13-47-46-12-5-7-16-54(46)61-57(47)53)44-23-26-56-50(34-44)49-33-40(20-25-55(49)60-56)39-19-24-52-48(32-39)45-11-4-6-14-51(45)58(52)41-28-35-27-36(30-41)31-42(58)29-35;1-2-8-37(9-3-1)38-14-18-43(19-15-38)59(45-20-23-49-48-11-5-7-13-56(48)61-57(49)34-45)44-21-25-54-51(33-44)47-22-16-40(32-55(47)60-54)39-17-24-53-50(31-39)46-10-4-6-12-52(46)58(53)41-27-35-26-36(29-41)30-42(58)28-35/h1-26,32-36,41-42H,27-31H2;1-25,31-36,41-42H,26-30H2. The first-order valence-corrected chi connectivity index (χ1v) is 45.3. The number of anilines is 6. The summed E-state index contributed by atoms with van der Waals surface area (Å²) < 4.78 is 22.5. The molecule has 4 heterocycles. The lowest BCUT2D eigenvalue weighted by molar-refractivity contribution is -0.0399. The predicted octanol–water partition coefficient (Wildman–Crippen LogP) is 32.5. The molecule has 0 radical (unpaired) electrons. The molecule has 0 saturated heterocycles. The summed E-state index contributed by atoms with van der Waals surface area (Å²) in [4.78, 5) is 4.73. The fourth-order valence-corrected chi connectivity index (χ4v) is 27.5. The number of hydrogen-bond donors (Lipinski definition) is 0. The molecule has 8 fully saturated rings. The average Bonchev–Trinajstić information content (AvgIpc) is 1.50. The Bertz CT molecular complexity index is 7630. The molecular formula is C116H86N2O3S. The van der Waals surface area contributed by atoms with E-state index in [0.29, 0.717) is 0 Å². The zero-order valence-corrected chi connectivity index (χ0v) is 68.5. The molecule has 10 aliphatic carbocycles. The molecule has 4 aromatic heterocycles. The van der Waals surface area contributed by atoms with Crippen LogP contribution in [0.5, 0.6) is 0 Å². The van der Waals surface area contributed by atoms with Gasteiger partial charge in [0.1, 0.15) is 27.9 Å². The van der Waals surface area contributed by atoms with E-state index in [4.69, 9.17) is 13.3 Å². The van der Waals surface area contributed by atoms with E-state index in [1.807, 2.05) is 17.4 Å². The molecule has 30 rings (SSSR count). The van der Waals surface area contributed by atoms with Crippen molar-refractivity contribution >= 4 is 131 Å². The van der Waals surface area contributed by atoms with Gasteiger partial charge in [0.05, 0.1) is 5.69 Å². The summed E-state index contributed by atoms with van der Waals surface area (Å²) in [6.07, 6.45) is 14.2. The Kier molecular flexibility index (Phi) is 15.2. The first kappa shape index (κ1) is 69.5. The molecule has 0 N–H and O–H groups in total. The Labute approximate surface area is 712 Å². The van der Waals surface area contributed by atoms with Gasteiger partial charge in [-0.2, -0.15) is 0 Å². The van der Waals surface area contributed by atoms with E-state index in [9.17, 15) is 0 Å². The molecule has 584 valence electrons. The third kappa shape index (κ3) is 10.3. The monoisotopic (exact) mass is 1590 g/mol. The highest BCUT2D eigenvalue weighted by Gasteiger charge is 2.63. The molecule has 5 nitrogen and oxygen atoms in total. The Morgan fingerprint density at radius 1 is 0.221 bits per heavy atom. The van der Waals surface area contributed by atoms with Crippen molar-refractivity contribution in [2.45, 2.75) is 75.0 Å². The van der Waals surface area contributed by atoms with Crippen molar-refractivity contribution in [2.75, 3.05) is 9.80 Å². The van der Waals surface area contributed by atoms with Crippen molar-refractivity contribution in [1.82, 2.24) is 0 Å². The molecular weight excluding hydrogens is 1500 g/mol. The van der Waals surface area contributed by atoms with Gasteiger partial charge in [0.15, 0.2) is 5.58 Å². The van der Waals surface area contributed by atoms with Crippen LogP contribution in [0.3, 0.4) is 0 Å². The highest BCUT2D eigenvalue weighted by molar-refractivity contribution is 7.25. The number of furan rings is 3. The van der Waals surface area contributed by atoms with Crippen LogP contribution >= 0.6 is 11.3 Å². The maximum Gasteiger partial charge on any atom is 0.159 e. The van der Waals surface area contributed by atoms with Crippen LogP contribution in [-0.2, 0) is 10.8 Å². The lowest BCUT2D eigenvalue weighted by Crippen LogP contribution is -2.55. The molecule has 2 spiro atoms. The number of rotatable bonds is 10. The molecule has 20 aromatic rings. The zero-order valence-electron chi connectivity index (χ0n) is 67.7. The van der Waals surface area contributed by atoms with Gasteiger partial charge in [-0.15, -0.1) is 11.3 Å². The summed E-state index contributed by atoms with van der Waals surface area (Å²) in [5, 5.41) is 9.31. The van der Waals surface area contributed by atoms with Crippen LogP contribution in [0.1, 0.15) is 86.5 Å². The second kappa shape index (κ2) is 26.6. The van der Waals surface area contributed by atoms with E-state index >= 15 is 0 Å². The van der Waals surface area contributed by atoms with Gasteiger partial charge < -0.3 is 23.1 Å². The Balaban J connectivity index is 0.000000128. The number of nitrogens with zero attached hydrogens (tertiary/aromatic N) is 2. The molecule has 122 heavy (non-hydrogen) atoms. The van der Waals surface area contributed by atoms with Crippen LogP contribution < -0.4 is 9.80 Å². The van der Waals surface area contributed by atoms with Gasteiger partial charge in [0.25, 0.3) is 0 Å². The van der Waals surface area contributed by atoms with Gasteiger partial charge >= 0.3 is 0 Å². The van der Waals surface area contributed by atoms with Crippen LogP contribution in [0.15, 0.2) is 365 Å². The minimum Gasteiger partial charge on any atom is -0.456 e. The summed E-state index contributed by atoms with van der Waals surface area (Å²) in [5.41, 5.74) is 34.2. The van der Waals surface area contributed by atoms with Crippen molar-refractivity contribution in [3.05, 3.63) is 374 Å². The predicted molar refractivity (Wildman–Crippen MR) is 505 cm³/mol. The fraction of sp³-hybridized carbons (Fsp3) is 0.172. The van der Waals surface area contributed by atoms with Gasteiger partial charge in [0, 0.05) is 91.8 Å². The van der Waals surface area contributed by atoms with Crippen LogP contribution in [0.4, 0.5) is 34.1 Å². The number of benzene rings is 16. The third-order valence-corrected chi connectivity index (χ3v) is 32.0. The van der Waals surface area contributed by atoms with E-state index in [2.05, 4.69) is 356 Å². The summed E-state index contributed by atoms with van der Waals surface area (Å²) >= 11 is 1.86. The summed E-state index contributed by atoms with van der Waals surface area (Å²) in [7, 11) is 0. The summed E-state index contributed by atoms with van der Waals surface area (Å²) in [6.45, 7) is 0. The maximum atomic E-state index is 6.70. The molecule has 6 heteroatoms. The highest BCUT2D eigenvalue weighted by atomic mass is 32.1.